The highest BCUT2D eigenvalue weighted by atomic mass is 16.5. The third kappa shape index (κ3) is 3.71. The maximum Gasteiger partial charge on any atom is 0.253 e. The lowest BCUT2D eigenvalue weighted by atomic mass is 10.2. The summed E-state index contributed by atoms with van der Waals surface area (Å²) in [5, 5.41) is 8.98. The highest BCUT2D eigenvalue weighted by Gasteiger charge is 2.19. The molecule has 110 valence electrons. The molecule has 20 heavy (non-hydrogen) atoms. The van der Waals surface area contributed by atoms with Crippen LogP contribution in [0, 0.1) is 0 Å². The summed E-state index contributed by atoms with van der Waals surface area (Å²) >= 11 is 0. The van der Waals surface area contributed by atoms with E-state index in [0.29, 0.717) is 18.7 Å². The van der Waals surface area contributed by atoms with E-state index in [1.54, 1.807) is 19.2 Å². The van der Waals surface area contributed by atoms with Crippen LogP contribution in [-0.4, -0.2) is 67.3 Å². The fraction of sp³-hybridized carbons (Fsp3) is 0.533. The second-order valence-corrected chi connectivity index (χ2v) is 4.94. The number of rotatable bonds is 4. The molecule has 0 spiro atoms. The van der Waals surface area contributed by atoms with Crippen LogP contribution in [0.5, 0.6) is 5.75 Å². The molecule has 0 unspecified atom stereocenters. The summed E-state index contributed by atoms with van der Waals surface area (Å²) in [7, 11) is 1.61. The molecule has 0 atom stereocenters. The molecule has 0 bridgehead atoms. The Balaban J connectivity index is 1.97. The number of carbonyl (C=O) groups is 1. The molecular formula is C15H22N2O3. The van der Waals surface area contributed by atoms with Gasteiger partial charge in [-0.1, -0.05) is 0 Å². The average molecular weight is 278 g/mol. The van der Waals surface area contributed by atoms with E-state index in [1.165, 1.54) is 0 Å². The van der Waals surface area contributed by atoms with Gasteiger partial charge >= 0.3 is 0 Å². The quantitative estimate of drug-likeness (QED) is 0.886. The van der Waals surface area contributed by atoms with E-state index in [9.17, 15) is 4.79 Å². The van der Waals surface area contributed by atoms with Gasteiger partial charge in [0.2, 0.25) is 0 Å². The summed E-state index contributed by atoms with van der Waals surface area (Å²) in [5.41, 5.74) is 0.696. The highest BCUT2D eigenvalue weighted by Crippen LogP contribution is 2.14. The van der Waals surface area contributed by atoms with Gasteiger partial charge in [-0.2, -0.15) is 0 Å². The van der Waals surface area contributed by atoms with Crippen LogP contribution in [0.15, 0.2) is 24.3 Å². The van der Waals surface area contributed by atoms with Gasteiger partial charge in [0.15, 0.2) is 0 Å². The number of ether oxygens (including phenoxy) is 1. The Hall–Kier alpha value is -1.59. The molecule has 1 aliphatic heterocycles. The molecule has 1 saturated heterocycles. The normalized spacial score (nSPS) is 16.8. The molecule has 1 aromatic carbocycles. The zero-order chi connectivity index (χ0) is 14.4. The van der Waals surface area contributed by atoms with Crippen molar-refractivity contribution in [3.63, 3.8) is 0 Å². The Morgan fingerprint density at radius 3 is 2.60 bits per heavy atom. The van der Waals surface area contributed by atoms with Gasteiger partial charge in [-0.15, -0.1) is 0 Å². The zero-order valence-corrected chi connectivity index (χ0v) is 11.9. The molecule has 1 fully saturated rings. The van der Waals surface area contributed by atoms with E-state index in [0.717, 1.165) is 31.8 Å². The summed E-state index contributed by atoms with van der Waals surface area (Å²) in [6.45, 7) is 4.10. The van der Waals surface area contributed by atoms with Crippen LogP contribution in [0.25, 0.3) is 0 Å². The molecule has 5 nitrogen and oxygen atoms in total. The molecule has 0 saturated carbocycles. The molecule has 1 aromatic rings. The Labute approximate surface area is 119 Å². The van der Waals surface area contributed by atoms with Gasteiger partial charge in [-0.25, -0.2) is 0 Å². The minimum absolute atomic E-state index is 0.0681. The first-order chi connectivity index (χ1) is 9.74. The lowest BCUT2D eigenvalue weighted by Gasteiger charge is -2.21. The summed E-state index contributed by atoms with van der Waals surface area (Å²) in [6.07, 6.45) is 0.946. The third-order valence-electron chi connectivity index (χ3n) is 3.63. The average Bonchev–Trinajstić information content (AvgIpc) is 2.73. The Morgan fingerprint density at radius 2 is 1.95 bits per heavy atom. The van der Waals surface area contributed by atoms with Crippen molar-refractivity contribution in [2.24, 2.45) is 0 Å². The Morgan fingerprint density at radius 1 is 1.20 bits per heavy atom. The molecule has 0 radical (unpaired) electrons. The highest BCUT2D eigenvalue weighted by molar-refractivity contribution is 5.94. The summed E-state index contributed by atoms with van der Waals surface area (Å²) in [6, 6.07) is 7.22. The monoisotopic (exact) mass is 278 g/mol. The second kappa shape index (κ2) is 7.26. The van der Waals surface area contributed by atoms with E-state index in [1.807, 2.05) is 17.0 Å². The smallest absolute Gasteiger partial charge is 0.253 e. The summed E-state index contributed by atoms with van der Waals surface area (Å²) in [4.78, 5) is 16.5. The molecule has 1 amide bonds. The lowest BCUT2D eigenvalue weighted by Crippen LogP contribution is -2.35. The molecule has 1 aliphatic rings. The number of hydrogen-bond donors (Lipinski definition) is 1. The SMILES string of the molecule is COc1ccc(C(=O)N2CCCN(CCO)CC2)cc1. The van der Waals surface area contributed by atoms with Crippen LogP contribution in [0.2, 0.25) is 0 Å². The number of aliphatic hydroxyl groups is 1. The number of benzene rings is 1. The molecule has 1 N–H and O–H groups in total. The number of aliphatic hydroxyl groups excluding tert-OH is 1. The van der Waals surface area contributed by atoms with Crippen LogP contribution >= 0.6 is 0 Å². The standard InChI is InChI=1S/C15H22N2O3/c1-20-14-5-3-13(4-6-14)15(19)17-8-2-7-16(9-10-17)11-12-18/h3-6,18H,2,7-12H2,1H3. The lowest BCUT2D eigenvalue weighted by molar-refractivity contribution is 0.0760. The summed E-state index contributed by atoms with van der Waals surface area (Å²) in [5.74, 6) is 0.824. The van der Waals surface area contributed by atoms with Crippen molar-refractivity contribution >= 4 is 5.91 Å². The van der Waals surface area contributed by atoms with E-state index in [-0.39, 0.29) is 12.5 Å². The van der Waals surface area contributed by atoms with Crippen LogP contribution in [0.1, 0.15) is 16.8 Å². The fourth-order valence-corrected chi connectivity index (χ4v) is 2.46. The Bertz CT molecular complexity index is 433. The largest absolute Gasteiger partial charge is 0.497 e. The van der Waals surface area contributed by atoms with Crippen molar-refractivity contribution in [2.75, 3.05) is 46.4 Å². The van der Waals surface area contributed by atoms with E-state index in [2.05, 4.69) is 4.90 Å². The number of hydrogen-bond acceptors (Lipinski definition) is 4. The van der Waals surface area contributed by atoms with E-state index in [4.69, 9.17) is 9.84 Å². The van der Waals surface area contributed by atoms with E-state index >= 15 is 0 Å². The van der Waals surface area contributed by atoms with Crippen LogP contribution in [-0.2, 0) is 0 Å². The zero-order valence-electron chi connectivity index (χ0n) is 11.9. The van der Waals surface area contributed by atoms with Crippen molar-refractivity contribution in [1.29, 1.82) is 0 Å². The minimum atomic E-state index is 0.0681. The van der Waals surface area contributed by atoms with Crippen molar-refractivity contribution < 1.29 is 14.6 Å². The van der Waals surface area contributed by atoms with Crippen molar-refractivity contribution in [2.45, 2.75) is 6.42 Å². The molecule has 2 rings (SSSR count). The minimum Gasteiger partial charge on any atom is -0.497 e. The van der Waals surface area contributed by atoms with Crippen molar-refractivity contribution in [3.05, 3.63) is 29.8 Å². The van der Waals surface area contributed by atoms with Crippen LogP contribution in [0.3, 0.4) is 0 Å². The number of amides is 1. The van der Waals surface area contributed by atoms with Crippen LogP contribution < -0.4 is 4.74 Å². The van der Waals surface area contributed by atoms with Gasteiger partial charge in [0.1, 0.15) is 5.75 Å². The fourth-order valence-electron chi connectivity index (χ4n) is 2.46. The first kappa shape index (κ1) is 14.8. The van der Waals surface area contributed by atoms with Gasteiger partial charge in [0.25, 0.3) is 5.91 Å². The first-order valence-corrected chi connectivity index (χ1v) is 7.01. The maximum atomic E-state index is 12.4. The number of carbonyl (C=O) groups excluding carboxylic acids is 1. The van der Waals surface area contributed by atoms with Gasteiger partial charge in [-0.3, -0.25) is 9.69 Å². The molecular weight excluding hydrogens is 256 g/mol. The molecule has 1 heterocycles. The van der Waals surface area contributed by atoms with Crippen molar-refractivity contribution in [1.82, 2.24) is 9.80 Å². The second-order valence-electron chi connectivity index (χ2n) is 4.94. The Kier molecular flexibility index (Phi) is 5.38. The molecule has 0 aliphatic carbocycles. The van der Waals surface area contributed by atoms with Crippen LogP contribution in [0.4, 0.5) is 0 Å². The number of methoxy groups -OCH3 is 1. The van der Waals surface area contributed by atoms with Gasteiger partial charge in [0.05, 0.1) is 13.7 Å². The predicted molar refractivity (Wildman–Crippen MR) is 77.0 cm³/mol. The number of β-amino-alcohol motifs (C(OH)–C–C–N with tert-alkyl or cyclic N) is 1. The predicted octanol–water partition coefficient (Wildman–Crippen LogP) is 0.835. The molecule has 5 heteroatoms. The van der Waals surface area contributed by atoms with Gasteiger partial charge in [-0.05, 0) is 37.2 Å². The molecule has 0 aromatic heterocycles. The van der Waals surface area contributed by atoms with E-state index < -0.39 is 0 Å². The first-order valence-electron chi connectivity index (χ1n) is 7.01. The third-order valence-corrected chi connectivity index (χ3v) is 3.63. The summed E-state index contributed by atoms with van der Waals surface area (Å²) < 4.78 is 5.10. The van der Waals surface area contributed by atoms with Crippen molar-refractivity contribution in [3.8, 4) is 5.75 Å². The van der Waals surface area contributed by atoms with Gasteiger partial charge in [0, 0.05) is 31.7 Å². The maximum absolute atomic E-state index is 12.4. The topological polar surface area (TPSA) is 53.0 Å². The number of nitrogens with zero attached hydrogens (tertiary/aromatic N) is 2. The van der Waals surface area contributed by atoms with Gasteiger partial charge < -0.3 is 14.7 Å².